The van der Waals surface area contributed by atoms with Crippen LogP contribution in [0.15, 0.2) is 12.7 Å². The van der Waals surface area contributed by atoms with Crippen molar-refractivity contribution in [2.75, 3.05) is 5.75 Å². The third-order valence-corrected chi connectivity index (χ3v) is 2.39. The van der Waals surface area contributed by atoms with Gasteiger partial charge in [0.2, 0.25) is 0 Å². The van der Waals surface area contributed by atoms with Crippen LogP contribution in [0.1, 0.15) is 13.8 Å². The van der Waals surface area contributed by atoms with Crippen molar-refractivity contribution >= 4 is 10.1 Å². The van der Waals surface area contributed by atoms with E-state index in [9.17, 15) is 8.42 Å². The van der Waals surface area contributed by atoms with Gasteiger partial charge in [-0.3, -0.25) is 9.87 Å². The second-order valence-corrected chi connectivity index (χ2v) is 4.89. The Morgan fingerprint density at radius 3 is 2.38 bits per heavy atom. The van der Waals surface area contributed by atoms with Crippen LogP contribution in [0.4, 0.5) is 0 Å². The minimum absolute atomic E-state index is 0.467. The number of aliphatic hydroxyl groups excluding tert-OH is 1. The fourth-order valence-electron chi connectivity index (χ4n) is 0.957. The summed E-state index contributed by atoms with van der Waals surface area (Å²) in [6.07, 6.45) is 0.239. The summed E-state index contributed by atoms with van der Waals surface area (Å²) in [6, 6.07) is 0. The molecule has 0 aliphatic carbocycles. The van der Waals surface area contributed by atoms with Gasteiger partial charge in [0.15, 0.2) is 0 Å². The minimum atomic E-state index is -4.04. The van der Waals surface area contributed by atoms with Crippen molar-refractivity contribution in [3.05, 3.63) is 12.7 Å². The maximum atomic E-state index is 10.5. The molecule has 13 heavy (non-hydrogen) atoms. The maximum Gasteiger partial charge on any atom is 0.266 e. The number of aliphatic hydroxyl groups is 1. The number of rotatable bonds is 5. The van der Waals surface area contributed by atoms with Gasteiger partial charge in [-0.15, -0.1) is 0 Å². The van der Waals surface area contributed by atoms with E-state index in [2.05, 4.69) is 11.9 Å². The quantitative estimate of drug-likeness (QED) is 0.330. The molecule has 0 aliphatic rings. The van der Waals surface area contributed by atoms with Crippen LogP contribution in [-0.2, 0) is 10.1 Å². The second kappa shape index (κ2) is 4.19. The van der Waals surface area contributed by atoms with E-state index in [0.29, 0.717) is 0 Å². The van der Waals surface area contributed by atoms with Crippen LogP contribution in [0.2, 0.25) is 0 Å². The molecule has 0 saturated heterocycles. The SMILES string of the molecule is C=CC(O)NC(C)(C)CS(=O)(=O)O. The van der Waals surface area contributed by atoms with Gasteiger partial charge in [-0.25, -0.2) is 0 Å². The van der Waals surface area contributed by atoms with Gasteiger partial charge in [0, 0.05) is 5.54 Å². The highest BCUT2D eigenvalue weighted by atomic mass is 32.2. The summed E-state index contributed by atoms with van der Waals surface area (Å²) in [6.45, 7) is 6.41. The van der Waals surface area contributed by atoms with Crippen molar-refractivity contribution < 1.29 is 18.1 Å². The average molecular weight is 209 g/mol. The van der Waals surface area contributed by atoms with E-state index in [1.165, 1.54) is 6.08 Å². The van der Waals surface area contributed by atoms with Crippen LogP contribution in [0, 0.1) is 0 Å². The molecule has 1 atom stereocenters. The third kappa shape index (κ3) is 6.71. The van der Waals surface area contributed by atoms with E-state index in [0.717, 1.165) is 0 Å². The Bertz CT molecular complexity index is 270. The summed E-state index contributed by atoms with van der Waals surface area (Å²) in [5, 5.41) is 11.6. The standard InChI is InChI=1S/C7H15NO4S/c1-4-6(9)8-7(2,3)5-13(10,11)12/h4,6,8-9H,1,5H2,2-3H3,(H,10,11,12). The zero-order chi connectivity index (χ0) is 10.7. The van der Waals surface area contributed by atoms with E-state index >= 15 is 0 Å². The molecule has 0 aromatic carbocycles. The molecule has 0 bridgehead atoms. The Balaban J connectivity index is 4.32. The Labute approximate surface area is 78.2 Å². The lowest BCUT2D eigenvalue weighted by molar-refractivity contribution is 0.149. The minimum Gasteiger partial charge on any atom is -0.375 e. The lowest BCUT2D eigenvalue weighted by Gasteiger charge is -2.26. The molecule has 6 heteroatoms. The molecule has 0 saturated carbocycles. The zero-order valence-electron chi connectivity index (χ0n) is 7.69. The molecule has 0 heterocycles. The van der Waals surface area contributed by atoms with Crippen molar-refractivity contribution in [3.63, 3.8) is 0 Å². The van der Waals surface area contributed by atoms with Crippen LogP contribution < -0.4 is 5.32 Å². The lowest BCUT2D eigenvalue weighted by atomic mass is 10.1. The molecule has 0 spiro atoms. The van der Waals surface area contributed by atoms with Gasteiger partial charge in [0.05, 0.1) is 5.75 Å². The Morgan fingerprint density at radius 1 is 1.62 bits per heavy atom. The van der Waals surface area contributed by atoms with Crippen molar-refractivity contribution in [2.24, 2.45) is 0 Å². The summed E-state index contributed by atoms with van der Waals surface area (Å²) in [5.41, 5.74) is -0.902. The topological polar surface area (TPSA) is 86.6 Å². The summed E-state index contributed by atoms with van der Waals surface area (Å²) in [4.78, 5) is 0. The van der Waals surface area contributed by atoms with Gasteiger partial charge in [0.25, 0.3) is 10.1 Å². The van der Waals surface area contributed by atoms with E-state index in [4.69, 9.17) is 9.66 Å². The van der Waals surface area contributed by atoms with Gasteiger partial charge < -0.3 is 5.11 Å². The third-order valence-electron chi connectivity index (χ3n) is 1.31. The molecule has 0 aliphatic heterocycles. The molecule has 78 valence electrons. The Morgan fingerprint density at radius 2 is 2.08 bits per heavy atom. The first-order valence-electron chi connectivity index (χ1n) is 3.70. The highest BCUT2D eigenvalue weighted by molar-refractivity contribution is 7.85. The lowest BCUT2D eigenvalue weighted by Crippen LogP contribution is -2.49. The molecule has 0 fully saturated rings. The van der Waals surface area contributed by atoms with Crippen LogP contribution >= 0.6 is 0 Å². The first-order valence-corrected chi connectivity index (χ1v) is 5.31. The largest absolute Gasteiger partial charge is 0.375 e. The van der Waals surface area contributed by atoms with Gasteiger partial charge >= 0.3 is 0 Å². The maximum absolute atomic E-state index is 10.5. The number of nitrogens with one attached hydrogen (secondary N) is 1. The van der Waals surface area contributed by atoms with Crippen molar-refractivity contribution in [3.8, 4) is 0 Å². The van der Waals surface area contributed by atoms with Crippen LogP contribution in [-0.4, -0.2) is 35.6 Å². The molecule has 5 nitrogen and oxygen atoms in total. The summed E-state index contributed by atoms with van der Waals surface area (Å²) in [5.74, 6) is -0.467. The predicted molar refractivity (Wildman–Crippen MR) is 49.8 cm³/mol. The average Bonchev–Trinajstić information content (AvgIpc) is 1.80. The molecule has 0 aromatic rings. The number of hydrogen-bond donors (Lipinski definition) is 3. The summed E-state index contributed by atoms with van der Waals surface area (Å²) < 4.78 is 29.6. The molecule has 1 unspecified atom stereocenters. The summed E-state index contributed by atoms with van der Waals surface area (Å²) >= 11 is 0. The van der Waals surface area contributed by atoms with Crippen molar-refractivity contribution in [1.29, 1.82) is 0 Å². The molecule has 0 aromatic heterocycles. The molecule has 3 N–H and O–H groups in total. The fourth-order valence-corrected chi connectivity index (χ4v) is 1.95. The van der Waals surface area contributed by atoms with Gasteiger partial charge in [-0.05, 0) is 19.9 Å². The molecule has 0 rings (SSSR count). The molecular weight excluding hydrogens is 194 g/mol. The second-order valence-electron chi connectivity index (χ2n) is 3.44. The normalized spacial score (nSPS) is 15.4. The zero-order valence-corrected chi connectivity index (χ0v) is 8.50. The van der Waals surface area contributed by atoms with Crippen LogP contribution in [0.3, 0.4) is 0 Å². The van der Waals surface area contributed by atoms with Crippen molar-refractivity contribution in [2.45, 2.75) is 25.6 Å². The fraction of sp³-hybridized carbons (Fsp3) is 0.714. The van der Waals surface area contributed by atoms with Crippen LogP contribution in [0.25, 0.3) is 0 Å². The molecule has 0 radical (unpaired) electrons. The highest BCUT2D eigenvalue weighted by Gasteiger charge is 2.25. The highest BCUT2D eigenvalue weighted by Crippen LogP contribution is 2.06. The van der Waals surface area contributed by atoms with E-state index in [1.54, 1.807) is 13.8 Å². The van der Waals surface area contributed by atoms with E-state index in [-0.39, 0.29) is 0 Å². The molecule has 0 amide bonds. The summed E-state index contributed by atoms with van der Waals surface area (Å²) in [7, 11) is -4.04. The first kappa shape index (κ1) is 12.6. The Kier molecular flexibility index (Phi) is 4.05. The number of hydrogen-bond acceptors (Lipinski definition) is 4. The van der Waals surface area contributed by atoms with Crippen LogP contribution in [0.5, 0.6) is 0 Å². The van der Waals surface area contributed by atoms with Gasteiger partial charge in [-0.1, -0.05) is 6.58 Å². The van der Waals surface area contributed by atoms with Crippen molar-refractivity contribution in [1.82, 2.24) is 5.32 Å². The predicted octanol–water partition coefficient (Wildman–Crippen LogP) is -0.253. The first-order chi connectivity index (χ1) is 5.66. The smallest absolute Gasteiger partial charge is 0.266 e. The van der Waals surface area contributed by atoms with E-state index < -0.39 is 27.6 Å². The van der Waals surface area contributed by atoms with Gasteiger partial charge in [-0.2, -0.15) is 8.42 Å². The monoisotopic (exact) mass is 209 g/mol. The Hall–Kier alpha value is -0.430. The van der Waals surface area contributed by atoms with E-state index in [1.807, 2.05) is 0 Å². The molecular formula is C7H15NO4S. The van der Waals surface area contributed by atoms with Gasteiger partial charge in [0.1, 0.15) is 6.23 Å².